The smallest absolute Gasteiger partial charge is 0.343 e. The number of carbonyl (C=O) groups is 2. The highest BCUT2D eigenvalue weighted by atomic mass is 16.6. The summed E-state index contributed by atoms with van der Waals surface area (Å²) < 4.78 is 9.70. The minimum atomic E-state index is -0.453. The molecule has 0 unspecified atom stereocenters. The summed E-state index contributed by atoms with van der Waals surface area (Å²) in [4.78, 5) is 23.0. The maximum atomic E-state index is 12.0. The van der Waals surface area contributed by atoms with Crippen LogP contribution in [0.1, 0.15) is 15.9 Å². The van der Waals surface area contributed by atoms with Gasteiger partial charge < -0.3 is 9.47 Å². The van der Waals surface area contributed by atoms with E-state index in [0.717, 1.165) is 5.56 Å². The van der Waals surface area contributed by atoms with Crippen molar-refractivity contribution in [1.29, 1.82) is 0 Å². The first-order chi connectivity index (χ1) is 10.7. The van der Waals surface area contributed by atoms with Crippen molar-refractivity contribution in [3.05, 3.63) is 71.8 Å². The molecule has 2 aromatic carbocycles. The highest BCUT2D eigenvalue weighted by Gasteiger charge is 2.04. The molecule has 0 heterocycles. The molecule has 112 valence electrons. The second kappa shape index (κ2) is 7.78. The van der Waals surface area contributed by atoms with Gasteiger partial charge in [0.1, 0.15) is 5.75 Å². The van der Waals surface area contributed by atoms with E-state index in [2.05, 4.69) is 4.74 Å². The molecule has 0 saturated heterocycles. The Bertz CT molecular complexity index is 657. The van der Waals surface area contributed by atoms with Gasteiger partial charge in [0.15, 0.2) is 12.4 Å². The zero-order chi connectivity index (χ0) is 15.8. The van der Waals surface area contributed by atoms with Gasteiger partial charge in [-0.1, -0.05) is 36.4 Å². The predicted molar refractivity (Wildman–Crippen MR) is 83.8 cm³/mol. The van der Waals surface area contributed by atoms with Crippen LogP contribution in [-0.2, 0) is 9.53 Å². The molecule has 4 heteroatoms. The molecule has 0 aliphatic heterocycles. The molecular weight excluding hydrogens is 280 g/mol. The highest BCUT2D eigenvalue weighted by molar-refractivity contribution is 6.06. The van der Waals surface area contributed by atoms with Crippen molar-refractivity contribution in [3.63, 3.8) is 0 Å². The summed E-state index contributed by atoms with van der Waals surface area (Å²) in [5, 5.41) is 0. The minimum Gasteiger partial charge on any atom is -0.482 e. The van der Waals surface area contributed by atoms with Gasteiger partial charge >= 0.3 is 5.97 Å². The van der Waals surface area contributed by atoms with E-state index in [1.54, 1.807) is 30.3 Å². The minimum absolute atomic E-state index is 0.0941. The Kier molecular flexibility index (Phi) is 5.49. The van der Waals surface area contributed by atoms with E-state index in [1.807, 2.05) is 30.3 Å². The third kappa shape index (κ3) is 4.59. The van der Waals surface area contributed by atoms with Gasteiger partial charge in [-0.15, -0.1) is 0 Å². The molecule has 4 nitrogen and oxygen atoms in total. The van der Waals surface area contributed by atoms with Crippen molar-refractivity contribution in [2.45, 2.75) is 0 Å². The van der Waals surface area contributed by atoms with Crippen LogP contribution in [0.4, 0.5) is 0 Å². The summed E-state index contributed by atoms with van der Waals surface area (Å²) in [5.74, 6) is -0.0386. The van der Waals surface area contributed by atoms with Crippen molar-refractivity contribution in [1.82, 2.24) is 0 Å². The molecule has 0 radical (unpaired) electrons. The Balaban J connectivity index is 1.96. The van der Waals surface area contributed by atoms with Crippen LogP contribution >= 0.6 is 0 Å². The molecule has 0 saturated carbocycles. The number of ether oxygens (including phenoxy) is 2. The molecule has 0 amide bonds. The first-order valence-electron chi connectivity index (χ1n) is 6.76. The molecule has 0 fully saturated rings. The van der Waals surface area contributed by atoms with Crippen molar-refractivity contribution < 1.29 is 19.1 Å². The number of carbonyl (C=O) groups excluding carboxylic acids is 2. The lowest BCUT2D eigenvalue weighted by atomic mass is 10.1. The topological polar surface area (TPSA) is 52.6 Å². The van der Waals surface area contributed by atoms with Gasteiger partial charge in [-0.05, 0) is 35.9 Å². The van der Waals surface area contributed by atoms with Crippen molar-refractivity contribution in [2.75, 3.05) is 13.7 Å². The second-order valence-electron chi connectivity index (χ2n) is 4.50. The third-order valence-electron chi connectivity index (χ3n) is 2.95. The Morgan fingerprint density at radius 3 is 2.32 bits per heavy atom. The van der Waals surface area contributed by atoms with Crippen LogP contribution in [0.3, 0.4) is 0 Å². The molecular formula is C18H16O4. The number of rotatable bonds is 6. The van der Waals surface area contributed by atoms with Crippen molar-refractivity contribution >= 4 is 17.8 Å². The number of hydrogen-bond acceptors (Lipinski definition) is 4. The summed E-state index contributed by atoms with van der Waals surface area (Å²) in [7, 11) is 1.30. The molecule has 0 atom stereocenters. The monoisotopic (exact) mass is 296 g/mol. The van der Waals surface area contributed by atoms with Gasteiger partial charge in [0.25, 0.3) is 0 Å². The van der Waals surface area contributed by atoms with Crippen LogP contribution < -0.4 is 4.74 Å². The van der Waals surface area contributed by atoms with Gasteiger partial charge in [0.2, 0.25) is 0 Å². The molecule has 22 heavy (non-hydrogen) atoms. The number of ketones is 1. The van der Waals surface area contributed by atoms with E-state index in [4.69, 9.17) is 4.74 Å². The maximum absolute atomic E-state index is 12.0. The summed E-state index contributed by atoms with van der Waals surface area (Å²) >= 11 is 0. The number of allylic oxidation sites excluding steroid dienone is 1. The lowest BCUT2D eigenvalue weighted by molar-refractivity contribution is -0.142. The van der Waals surface area contributed by atoms with E-state index in [-0.39, 0.29) is 12.4 Å². The van der Waals surface area contributed by atoms with Crippen LogP contribution in [-0.4, -0.2) is 25.5 Å². The van der Waals surface area contributed by atoms with Crippen LogP contribution in [0.2, 0.25) is 0 Å². The van der Waals surface area contributed by atoms with Gasteiger partial charge in [0.05, 0.1) is 7.11 Å². The van der Waals surface area contributed by atoms with Crippen LogP contribution in [0.5, 0.6) is 5.75 Å². The first kappa shape index (κ1) is 15.5. The molecule has 0 spiro atoms. The van der Waals surface area contributed by atoms with Gasteiger partial charge in [-0.25, -0.2) is 4.79 Å². The number of methoxy groups -OCH3 is 1. The average Bonchev–Trinajstić information content (AvgIpc) is 2.59. The third-order valence-corrected chi connectivity index (χ3v) is 2.95. The van der Waals surface area contributed by atoms with E-state index >= 15 is 0 Å². The van der Waals surface area contributed by atoms with Crippen molar-refractivity contribution in [2.24, 2.45) is 0 Å². The van der Waals surface area contributed by atoms with Crippen LogP contribution in [0.25, 0.3) is 6.08 Å². The maximum Gasteiger partial charge on any atom is 0.343 e. The lowest BCUT2D eigenvalue weighted by Gasteiger charge is -2.04. The first-order valence-corrected chi connectivity index (χ1v) is 6.76. The second-order valence-corrected chi connectivity index (χ2v) is 4.50. The van der Waals surface area contributed by atoms with Crippen LogP contribution in [0, 0.1) is 0 Å². The molecule has 0 bridgehead atoms. The summed E-state index contributed by atoms with van der Waals surface area (Å²) in [5.41, 5.74) is 1.52. The quantitative estimate of drug-likeness (QED) is 0.467. The number of esters is 1. The Labute approximate surface area is 129 Å². The predicted octanol–water partition coefficient (Wildman–Crippen LogP) is 3.13. The molecule has 0 aromatic heterocycles. The Hall–Kier alpha value is -2.88. The molecule has 2 aromatic rings. The molecule has 0 aliphatic rings. The normalized spacial score (nSPS) is 10.4. The zero-order valence-electron chi connectivity index (χ0n) is 12.2. The van der Waals surface area contributed by atoms with Gasteiger partial charge in [-0.2, -0.15) is 0 Å². The van der Waals surface area contributed by atoms with E-state index in [0.29, 0.717) is 11.3 Å². The number of benzene rings is 2. The van der Waals surface area contributed by atoms with Gasteiger partial charge in [-0.3, -0.25) is 4.79 Å². The van der Waals surface area contributed by atoms with E-state index < -0.39 is 5.97 Å². The van der Waals surface area contributed by atoms with Crippen LogP contribution in [0.15, 0.2) is 60.7 Å². The molecule has 0 N–H and O–H groups in total. The fourth-order valence-electron chi connectivity index (χ4n) is 1.75. The lowest BCUT2D eigenvalue weighted by Crippen LogP contribution is -2.12. The van der Waals surface area contributed by atoms with Gasteiger partial charge in [0, 0.05) is 5.56 Å². The summed E-state index contributed by atoms with van der Waals surface area (Å²) in [6.45, 7) is -0.155. The van der Waals surface area contributed by atoms with Crippen molar-refractivity contribution in [3.8, 4) is 5.75 Å². The summed E-state index contributed by atoms with van der Waals surface area (Å²) in [6, 6.07) is 16.2. The van der Waals surface area contributed by atoms with E-state index in [1.165, 1.54) is 13.2 Å². The SMILES string of the molecule is COC(=O)COc1ccc(C(=O)C=Cc2ccccc2)cc1. The molecule has 2 rings (SSSR count). The average molecular weight is 296 g/mol. The molecule has 0 aliphatic carbocycles. The number of hydrogen-bond donors (Lipinski definition) is 0. The largest absolute Gasteiger partial charge is 0.482 e. The Morgan fingerprint density at radius 1 is 1.00 bits per heavy atom. The van der Waals surface area contributed by atoms with E-state index in [9.17, 15) is 9.59 Å². The highest BCUT2D eigenvalue weighted by Crippen LogP contribution is 2.13. The summed E-state index contributed by atoms with van der Waals surface area (Å²) in [6.07, 6.45) is 3.30. The Morgan fingerprint density at radius 2 is 1.68 bits per heavy atom. The fraction of sp³-hybridized carbons (Fsp3) is 0.111. The fourth-order valence-corrected chi connectivity index (χ4v) is 1.75. The standard InChI is InChI=1S/C18H16O4/c1-21-18(20)13-22-16-10-8-15(9-11-16)17(19)12-7-14-5-3-2-4-6-14/h2-12H,13H2,1H3. The zero-order valence-corrected chi connectivity index (χ0v) is 12.2.